The number of aryl methyl sites for hydroxylation is 1. The molecule has 2 aliphatic carbocycles. The Morgan fingerprint density at radius 1 is 0.963 bits per heavy atom. The monoisotopic (exact) mass is 357 g/mol. The van der Waals surface area contributed by atoms with E-state index in [9.17, 15) is 0 Å². The van der Waals surface area contributed by atoms with E-state index in [1.165, 1.54) is 68.9 Å². The van der Waals surface area contributed by atoms with Gasteiger partial charge < -0.3 is 0 Å². The van der Waals surface area contributed by atoms with Crippen LogP contribution in [-0.4, -0.2) is 0 Å². The highest BCUT2D eigenvalue weighted by molar-refractivity contribution is 5.66. The molecule has 27 heavy (non-hydrogen) atoms. The molecule has 3 atom stereocenters. The smallest absolute Gasteiger partial charge is 0.0991 e. The number of nitrogens with zero attached hydrogens (tertiary/aromatic N) is 1. The summed E-state index contributed by atoms with van der Waals surface area (Å²) < 4.78 is 0. The van der Waals surface area contributed by atoms with Gasteiger partial charge in [-0.25, -0.2) is 0 Å². The van der Waals surface area contributed by atoms with Crippen molar-refractivity contribution in [2.24, 2.45) is 11.8 Å². The fraction of sp³-hybridized carbons (Fsp3) is 0.500. The molecule has 0 aliphatic heterocycles. The van der Waals surface area contributed by atoms with Crippen molar-refractivity contribution in [3.63, 3.8) is 0 Å². The predicted octanol–water partition coefficient (Wildman–Crippen LogP) is 7.25. The SMILES string of the molecule is CCCCCC1CCC2c3ccc(-c4ccc(C#N)cc4)cc3CCC2C1. The second kappa shape index (κ2) is 8.30. The second-order valence-electron chi connectivity index (χ2n) is 8.68. The van der Waals surface area contributed by atoms with E-state index in [4.69, 9.17) is 5.26 Å². The van der Waals surface area contributed by atoms with Gasteiger partial charge in [0.1, 0.15) is 0 Å². The molecule has 1 fully saturated rings. The van der Waals surface area contributed by atoms with Crippen LogP contribution in [-0.2, 0) is 6.42 Å². The minimum atomic E-state index is 0.732. The van der Waals surface area contributed by atoms with Gasteiger partial charge in [0, 0.05) is 0 Å². The number of benzene rings is 2. The van der Waals surface area contributed by atoms with Crippen molar-refractivity contribution < 1.29 is 0 Å². The Morgan fingerprint density at radius 2 is 1.78 bits per heavy atom. The summed E-state index contributed by atoms with van der Waals surface area (Å²) in [4.78, 5) is 0. The third-order valence-corrected chi connectivity index (χ3v) is 6.98. The van der Waals surface area contributed by atoms with Crippen LogP contribution in [0.5, 0.6) is 0 Å². The van der Waals surface area contributed by atoms with Gasteiger partial charge in [-0.05, 0) is 84.2 Å². The third kappa shape index (κ3) is 3.96. The Balaban J connectivity index is 1.48. The van der Waals surface area contributed by atoms with E-state index in [-0.39, 0.29) is 0 Å². The maximum absolute atomic E-state index is 9.00. The van der Waals surface area contributed by atoms with E-state index >= 15 is 0 Å². The highest BCUT2D eigenvalue weighted by atomic mass is 14.4. The molecular weight excluding hydrogens is 326 g/mol. The van der Waals surface area contributed by atoms with Crippen molar-refractivity contribution in [1.82, 2.24) is 0 Å². The molecule has 1 heteroatoms. The van der Waals surface area contributed by atoms with Gasteiger partial charge in [-0.15, -0.1) is 0 Å². The number of hydrogen-bond acceptors (Lipinski definition) is 1. The number of rotatable bonds is 5. The first-order chi connectivity index (χ1) is 13.3. The number of hydrogen-bond donors (Lipinski definition) is 0. The highest BCUT2D eigenvalue weighted by Gasteiger charge is 2.34. The molecule has 140 valence electrons. The molecule has 2 aliphatic rings. The van der Waals surface area contributed by atoms with E-state index in [0.717, 1.165) is 23.3 Å². The summed E-state index contributed by atoms with van der Waals surface area (Å²) in [5.74, 6) is 2.70. The van der Waals surface area contributed by atoms with Gasteiger partial charge in [0.15, 0.2) is 0 Å². The second-order valence-corrected chi connectivity index (χ2v) is 8.68. The lowest BCUT2D eigenvalue weighted by Crippen LogP contribution is -2.28. The maximum atomic E-state index is 9.00. The number of fused-ring (bicyclic) bond motifs is 3. The first-order valence-electron chi connectivity index (χ1n) is 10.9. The molecular formula is C26H31N. The number of nitriles is 1. The summed E-state index contributed by atoms with van der Waals surface area (Å²) in [5.41, 5.74) is 6.46. The van der Waals surface area contributed by atoms with Gasteiger partial charge in [-0.1, -0.05) is 62.9 Å². The summed E-state index contributed by atoms with van der Waals surface area (Å²) in [6, 6.07) is 17.3. The molecule has 1 saturated carbocycles. The molecule has 0 heterocycles. The van der Waals surface area contributed by atoms with Crippen LogP contribution in [0.4, 0.5) is 0 Å². The quantitative estimate of drug-likeness (QED) is 0.517. The van der Waals surface area contributed by atoms with Crippen LogP contribution in [0.15, 0.2) is 42.5 Å². The Hall–Kier alpha value is -2.07. The summed E-state index contributed by atoms with van der Waals surface area (Å²) in [7, 11) is 0. The summed E-state index contributed by atoms with van der Waals surface area (Å²) in [5, 5.41) is 9.00. The predicted molar refractivity (Wildman–Crippen MR) is 113 cm³/mol. The average Bonchev–Trinajstić information content (AvgIpc) is 2.73. The molecule has 0 spiro atoms. The summed E-state index contributed by atoms with van der Waals surface area (Å²) >= 11 is 0. The maximum Gasteiger partial charge on any atom is 0.0991 e. The molecule has 2 aromatic rings. The lowest BCUT2D eigenvalue weighted by Gasteiger charge is -2.41. The molecule has 0 saturated heterocycles. The first-order valence-corrected chi connectivity index (χ1v) is 10.9. The van der Waals surface area contributed by atoms with Gasteiger partial charge in [-0.2, -0.15) is 5.26 Å². The van der Waals surface area contributed by atoms with Gasteiger partial charge in [0.2, 0.25) is 0 Å². The molecule has 2 aromatic carbocycles. The van der Waals surface area contributed by atoms with Crippen molar-refractivity contribution >= 4 is 0 Å². The summed E-state index contributed by atoms with van der Waals surface area (Å²) in [6.07, 6.45) is 12.5. The first kappa shape index (κ1) is 18.3. The van der Waals surface area contributed by atoms with Crippen LogP contribution in [0, 0.1) is 23.2 Å². The molecule has 3 unspecified atom stereocenters. The zero-order valence-corrected chi connectivity index (χ0v) is 16.6. The van der Waals surface area contributed by atoms with E-state index in [1.807, 2.05) is 12.1 Å². The van der Waals surface area contributed by atoms with Crippen LogP contribution in [0.1, 0.15) is 80.9 Å². The van der Waals surface area contributed by atoms with Crippen LogP contribution < -0.4 is 0 Å². The molecule has 0 N–H and O–H groups in total. The lowest BCUT2D eigenvalue weighted by molar-refractivity contribution is 0.199. The topological polar surface area (TPSA) is 23.8 Å². The van der Waals surface area contributed by atoms with Crippen LogP contribution >= 0.6 is 0 Å². The van der Waals surface area contributed by atoms with Gasteiger partial charge >= 0.3 is 0 Å². The minimum absolute atomic E-state index is 0.732. The normalized spacial score (nSPS) is 23.9. The zero-order valence-electron chi connectivity index (χ0n) is 16.6. The Labute approximate surface area is 164 Å². The van der Waals surface area contributed by atoms with E-state index in [1.54, 1.807) is 11.1 Å². The van der Waals surface area contributed by atoms with E-state index in [2.05, 4.69) is 43.3 Å². The molecule has 0 bridgehead atoms. The van der Waals surface area contributed by atoms with Gasteiger partial charge in [-0.3, -0.25) is 0 Å². The number of unbranched alkanes of at least 4 members (excludes halogenated alkanes) is 2. The van der Waals surface area contributed by atoms with Crippen molar-refractivity contribution in [1.29, 1.82) is 5.26 Å². The Bertz CT molecular complexity index is 811. The Kier molecular flexibility index (Phi) is 5.63. The summed E-state index contributed by atoms with van der Waals surface area (Å²) in [6.45, 7) is 2.31. The Morgan fingerprint density at radius 3 is 2.56 bits per heavy atom. The minimum Gasteiger partial charge on any atom is -0.192 e. The average molecular weight is 358 g/mol. The van der Waals surface area contributed by atoms with Gasteiger partial charge in [0.25, 0.3) is 0 Å². The van der Waals surface area contributed by atoms with Crippen LogP contribution in [0.25, 0.3) is 11.1 Å². The highest BCUT2D eigenvalue weighted by Crippen LogP contribution is 2.48. The standard InChI is InChI=1S/C26H31N/c1-2-3-4-5-19-8-14-25-23(16-19)11-12-24-17-22(13-15-26(24)25)21-9-6-20(18-27)7-10-21/h6-7,9-10,13,15,17,19,23,25H,2-5,8,11-12,14,16H2,1H3. The lowest BCUT2D eigenvalue weighted by atomic mass is 9.64. The molecule has 0 aromatic heterocycles. The molecule has 1 nitrogen and oxygen atoms in total. The van der Waals surface area contributed by atoms with Crippen LogP contribution in [0.2, 0.25) is 0 Å². The van der Waals surface area contributed by atoms with Crippen molar-refractivity contribution in [2.45, 2.75) is 70.6 Å². The van der Waals surface area contributed by atoms with Crippen molar-refractivity contribution in [3.8, 4) is 17.2 Å². The fourth-order valence-corrected chi connectivity index (χ4v) is 5.48. The van der Waals surface area contributed by atoms with Gasteiger partial charge in [0.05, 0.1) is 11.6 Å². The van der Waals surface area contributed by atoms with Crippen LogP contribution in [0.3, 0.4) is 0 Å². The van der Waals surface area contributed by atoms with Crippen molar-refractivity contribution in [2.75, 3.05) is 0 Å². The molecule has 0 amide bonds. The zero-order chi connectivity index (χ0) is 18.6. The molecule has 0 radical (unpaired) electrons. The van der Waals surface area contributed by atoms with E-state index in [0.29, 0.717) is 0 Å². The van der Waals surface area contributed by atoms with E-state index < -0.39 is 0 Å². The van der Waals surface area contributed by atoms with Crippen molar-refractivity contribution in [3.05, 3.63) is 59.2 Å². The largest absolute Gasteiger partial charge is 0.192 e. The third-order valence-electron chi connectivity index (χ3n) is 6.98. The fourth-order valence-electron chi connectivity index (χ4n) is 5.48. The molecule has 4 rings (SSSR count).